The van der Waals surface area contributed by atoms with Gasteiger partial charge in [0.15, 0.2) is 0 Å². The third-order valence-electron chi connectivity index (χ3n) is 2.97. The maximum absolute atomic E-state index is 12.0. The van der Waals surface area contributed by atoms with Gasteiger partial charge in [-0.15, -0.1) is 0 Å². The highest BCUT2D eigenvalue weighted by molar-refractivity contribution is 5.95. The summed E-state index contributed by atoms with van der Waals surface area (Å²) in [7, 11) is 0. The van der Waals surface area contributed by atoms with E-state index < -0.39 is 0 Å². The Morgan fingerprint density at radius 2 is 2.00 bits per heavy atom. The quantitative estimate of drug-likeness (QED) is 0.789. The zero-order valence-corrected chi connectivity index (χ0v) is 9.84. The van der Waals surface area contributed by atoms with Crippen LogP contribution in [0.4, 0.5) is 0 Å². The zero-order valence-electron chi connectivity index (χ0n) is 9.84. The number of amides is 1. The number of hydrazine groups is 1. The number of rotatable bonds is 2. The molecule has 2 rings (SSSR count). The Bertz CT molecular complexity index is 360. The van der Waals surface area contributed by atoms with Crippen LogP contribution in [0.1, 0.15) is 41.0 Å². The molecule has 2 N–H and O–H groups in total. The Morgan fingerprint density at radius 3 is 2.56 bits per heavy atom. The zero-order chi connectivity index (χ0) is 11.5. The van der Waals surface area contributed by atoms with Crippen molar-refractivity contribution in [1.29, 1.82) is 0 Å². The van der Waals surface area contributed by atoms with Gasteiger partial charge in [-0.25, -0.2) is 5.01 Å². The third kappa shape index (κ3) is 2.24. The first-order valence-electron chi connectivity index (χ1n) is 5.76. The fourth-order valence-corrected chi connectivity index (χ4v) is 2.09. The second kappa shape index (κ2) is 4.65. The van der Waals surface area contributed by atoms with Gasteiger partial charge >= 0.3 is 0 Å². The van der Waals surface area contributed by atoms with Crippen LogP contribution < -0.4 is 5.43 Å². The van der Waals surface area contributed by atoms with Gasteiger partial charge in [-0.1, -0.05) is 6.42 Å². The molecule has 1 fully saturated rings. The number of aryl methyl sites for hydroxylation is 2. The molecule has 0 unspecified atom stereocenters. The highest BCUT2D eigenvalue weighted by atomic mass is 16.2. The fraction of sp³-hybridized carbons (Fsp3) is 0.636. The van der Waals surface area contributed by atoms with E-state index >= 15 is 0 Å². The van der Waals surface area contributed by atoms with E-state index in [9.17, 15) is 4.79 Å². The van der Waals surface area contributed by atoms with E-state index in [1.54, 1.807) is 0 Å². The van der Waals surface area contributed by atoms with E-state index in [4.69, 9.17) is 0 Å². The van der Waals surface area contributed by atoms with Crippen molar-refractivity contribution in [2.24, 2.45) is 0 Å². The van der Waals surface area contributed by atoms with Gasteiger partial charge in [0.1, 0.15) is 0 Å². The van der Waals surface area contributed by atoms with Gasteiger partial charge in [0.05, 0.1) is 11.3 Å². The van der Waals surface area contributed by atoms with E-state index in [1.807, 2.05) is 18.9 Å². The molecule has 16 heavy (non-hydrogen) atoms. The molecule has 88 valence electrons. The van der Waals surface area contributed by atoms with E-state index in [0.29, 0.717) is 5.56 Å². The van der Waals surface area contributed by atoms with Gasteiger partial charge in [-0.3, -0.25) is 15.3 Å². The summed E-state index contributed by atoms with van der Waals surface area (Å²) in [5.74, 6) is -0.0503. The number of piperidine rings is 1. The average Bonchev–Trinajstić information content (AvgIpc) is 2.60. The Labute approximate surface area is 95.2 Å². The SMILES string of the molecule is Cc1n[nH]c(C)c1C(=O)NN1CCCCC1. The number of aromatic nitrogens is 2. The molecule has 2 heterocycles. The molecule has 5 nitrogen and oxygen atoms in total. The molecular formula is C11H18N4O. The van der Waals surface area contributed by atoms with E-state index in [2.05, 4.69) is 15.6 Å². The second-order valence-electron chi connectivity index (χ2n) is 4.30. The van der Waals surface area contributed by atoms with Crippen LogP contribution in [-0.2, 0) is 0 Å². The average molecular weight is 222 g/mol. The van der Waals surface area contributed by atoms with Crippen molar-refractivity contribution >= 4 is 5.91 Å². The van der Waals surface area contributed by atoms with E-state index in [0.717, 1.165) is 37.3 Å². The van der Waals surface area contributed by atoms with Crippen LogP contribution in [0.3, 0.4) is 0 Å². The molecule has 0 atom stereocenters. The number of hydrogen-bond acceptors (Lipinski definition) is 3. The van der Waals surface area contributed by atoms with Crippen molar-refractivity contribution in [2.75, 3.05) is 13.1 Å². The van der Waals surface area contributed by atoms with Crippen LogP contribution in [0, 0.1) is 13.8 Å². The van der Waals surface area contributed by atoms with Crippen molar-refractivity contribution in [3.05, 3.63) is 17.0 Å². The number of aromatic amines is 1. The van der Waals surface area contributed by atoms with Crippen molar-refractivity contribution in [2.45, 2.75) is 33.1 Å². The van der Waals surface area contributed by atoms with Gasteiger partial charge in [0.25, 0.3) is 5.91 Å². The molecule has 0 bridgehead atoms. The molecular weight excluding hydrogens is 204 g/mol. The largest absolute Gasteiger partial charge is 0.285 e. The smallest absolute Gasteiger partial charge is 0.269 e. The maximum atomic E-state index is 12.0. The number of nitrogens with one attached hydrogen (secondary N) is 2. The predicted octanol–water partition coefficient (Wildman–Crippen LogP) is 1.16. The minimum Gasteiger partial charge on any atom is -0.285 e. The lowest BCUT2D eigenvalue weighted by molar-refractivity contribution is 0.0749. The minimum absolute atomic E-state index is 0.0503. The van der Waals surface area contributed by atoms with Crippen LogP contribution in [-0.4, -0.2) is 34.2 Å². The van der Waals surface area contributed by atoms with Crippen LogP contribution in [0.2, 0.25) is 0 Å². The van der Waals surface area contributed by atoms with E-state index in [1.165, 1.54) is 6.42 Å². The standard InChI is InChI=1S/C11H18N4O/c1-8-10(9(2)13-12-8)11(16)14-15-6-4-3-5-7-15/h3-7H2,1-2H3,(H,12,13)(H,14,16). The number of carbonyl (C=O) groups excluding carboxylic acids is 1. The summed E-state index contributed by atoms with van der Waals surface area (Å²) in [6.07, 6.45) is 3.57. The van der Waals surface area contributed by atoms with Crippen molar-refractivity contribution in [3.63, 3.8) is 0 Å². The summed E-state index contributed by atoms with van der Waals surface area (Å²) >= 11 is 0. The molecule has 5 heteroatoms. The summed E-state index contributed by atoms with van der Waals surface area (Å²) in [5.41, 5.74) is 5.19. The summed E-state index contributed by atoms with van der Waals surface area (Å²) < 4.78 is 0. The Balaban J connectivity index is 2.02. The van der Waals surface area contributed by atoms with Crippen LogP contribution in [0.5, 0.6) is 0 Å². The molecule has 1 aromatic heterocycles. The minimum atomic E-state index is -0.0503. The molecule has 0 aromatic carbocycles. The van der Waals surface area contributed by atoms with Crippen molar-refractivity contribution in [3.8, 4) is 0 Å². The Morgan fingerprint density at radius 1 is 1.31 bits per heavy atom. The maximum Gasteiger partial charge on any atom is 0.269 e. The molecule has 0 saturated carbocycles. The summed E-state index contributed by atoms with van der Waals surface area (Å²) in [6.45, 7) is 5.60. The topological polar surface area (TPSA) is 61.0 Å². The summed E-state index contributed by atoms with van der Waals surface area (Å²) in [6, 6.07) is 0. The number of hydrogen-bond donors (Lipinski definition) is 2. The lowest BCUT2D eigenvalue weighted by atomic mass is 10.1. The van der Waals surface area contributed by atoms with Gasteiger partial charge in [0.2, 0.25) is 0 Å². The lowest BCUT2D eigenvalue weighted by Crippen LogP contribution is -2.45. The molecule has 0 spiro atoms. The van der Waals surface area contributed by atoms with Crippen LogP contribution in [0.15, 0.2) is 0 Å². The number of H-pyrrole nitrogens is 1. The predicted molar refractivity (Wildman–Crippen MR) is 61.0 cm³/mol. The van der Waals surface area contributed by atoms with Crippen molar-refractivity contribution < 1.29 is 4.79 Å². The molecule has 1 aromatic rings. The van der Waals surface area contributed by atoms with Gasteiger partial charge in [-0.05, 0) is 26.7 Å². The lowest BCUT2D eigenvalue weighted by Gasteiger charge is -2.26. The Hall–Kier alpha value is -1.36. The molecule has 0 aliphatic carbocycles. The fourth-order valence-electron chi connectivity index (χ4n) is 2.09. The summed E-state index contributed by atoms with van der Waals surface area (Å²) in [5, 5.41) is 8.85. The second-order valence-corrected chi connectivity index (χ2v) is 4.30. The molecule has 1 aliphatic heterocycles. The molecule has 0 radical (unpaired) electrons. The van der Waals surface area contributed by atoms with Gasteiger partial charge in [0, 0.05) is 18.8 Å². The number of carbonyl (C=O) groups is 1. The first-order chi connectivity index (χ1) is 7.68. The van der Waals surface area contributed by atoms with Crippen LogP contribution >= 0.6 is 0 Å². The van der Waals surface area contributed by atoms with Crippen LogP contribution in [0.25, 0.3) is 0 Å². The number of nitrogens with zero attached hydrogens (tertiary/aromatic N) is 2. The van der Waals surface area contributed by atoms with E-state index in [-0.39, 0.29) is 5.91 Å². The van der Waals surface area contributed by atoms with Crippen molar-refractivity contribution in [1.82, 2.24) is 20.6 Å². The Kier molecular flexibility index (Phi) is 3.24. The monoisotopic (exact) mass is 222 g/mol. The highest BCUT2D eigenvalue weighted by Gasteiger charge is 2.18. The van der Waals surface area contributed by atoms with Gasteiger partial charge < -0.3 is 0 Å². The highest BCUT2D eigenvalue weighted by Crippen LogP contribution is 2.11. The molecule has 1 saturated heterocycles. The first-order valence-corrected chi connectivity index (χ1v) is 5.76. The third-order valence-corrected chi connectivity index (χ3v) is 2.97. The normalized spacial score (nSPS) is 17.4. The summed E-state index contributed by atoms with van der Waals surface area (Å²) in [4.78, 5) is 12.0. The molecule has 1 aliphatic rings. The molecule has 1 amide bonds. The van der Waals surface area contributed by atoms with Gasteiger partial charge in [-0.2, -0.15) is 5.10 Å². The first kappa shape index (κ1) is 11.1.